The molecule has 1 aliphatic rings. The van der Waals surface area contributed by atoms with Crippen molar-refractivity contribution in [2.75, 3.05) is 6.61 Å². The molecule has 1 fully saturated rings. The van der Waals surface area contributed by atoms with Gasteiger partial charge in [-0.3, -0.25) is 4.79 Å². The van der Waals surface area contributed by atoms with Crippen LogP contribution in [0.4, 0.5) is 0 Å². The van der Waals surface area contributed by atoms with Crippen LogP contribution < -0.4 is 5.32 Å². The number of phenols is 1. The monoisotopic (exact) mass is 305 g/mol. The maximum Gasteiger partial charge on any atom is 0.338 e. The first-order valence-corrected chi connectivity index (χ1v) is 7.73. The van der Waals surface area contributed by atoms with Gasteiger partial charge in [-0.2, -0.15) is 0 Å². The normalized spacial score (nSPS) is 24.5. The largest absolute Gasteiger partial charge is 0.508 e. The number of aromatic hydroxyl groups is 1. The molecular formula is C17H23NO4. The number of esters is 1. The number of rotatable bonds is 4. The molecule has 0 spiro atoms. The van der Waals surface area contributed by atoms with Crippen molar-refractivity contribution in [3.05, 3.63) is 29.8 Å². The van der Waals surface area contributed by atoms with E-state index >= 15 is 0 Å². The zero-order valence-electron chi connectivity index (χ0n) is 13.0. The molecule has 0 saturated heterocycles. The molecule has 1 amide bonds. The van der Waals surface area contributed by atoms with Crippen LogP contribution in [0, 0.1) is 11.8 Å². The zero-order valence-corrected chi connectivity index (χ0v) is 13.0. The summed E-state index contributed by atoms with van der Waals surface area (Å²) in [5.41, 5.74) is 0.229. The lowest BCUT2D eigenvalue weighted by Gasteiger charge is -2.34. The van der Waals surface area contributed by atoms with E-state index in [-0.39, 0.29) is 29.9 Å². The van der Waals surface area contributed by atoms with E-state index in [1.165, 1.54) is 24.6 Å². The van der Waals surface area contributed by atoms with Crippen LogP contribution in [-0.4, -0.2) is 29.6 Å². The van der Waals surface area contributed by atoms with Gasteiger partial charge < -0.3 is 15.2 Å². The number of hydrogen-bond donors (Lipinski definition) is 2. The molecule has 0 aromatic heterocycles. The molecule has 22 heavy (non-hydrogen) atoms. The van der Waals surface area contributed by atoms with Gasteiger partial charge in [0.1, 0.15) is 5.75 Å². The van der Waals surface area contributed by atoms with Gasteiger partial charge in [0.15, 0.2) is 6.61 Å². The molecule has 0 bridgehead atoms. The molecule has 0 aliphatic heterocycles. The average molecular weight is 305 g/mol. The predicted octanol–water partition coefficient (Wildman–Crippen LogP) is 2.49. The number of amides is 1. The highest BCUT2D eigenvalue weighted by Crippen LogP contribution is 2.29. The van der Waals surface area contributed by atoms with Gasteiger partial charge >= 0.3 is 5.97 Å². The van der Waals surface area contributed by atoms with Gasteiger partial charge in [-0.1, -0.05) is 32.8 Å². The Kier molecular flexibility index (Phi) is 5.41. The third-order valence-electron chi connectivity index (χ3n) is 4.47. The van der Waals surface area contributed by atoms with Crippen molar-refractivity contribution in [2.45, 2.75) is 39.2 Å². The summed E-state index contributed by atoms with van der Waals surface area (Å²) in [6, 6.07) is 6.01. The fourth-order valence-electron chi connectivity index (χ4n) is 2.88. The molecule has 0 radical (unpaired) electrons. The topological polar surface area (TPSA) is 75.6 Å². The van der Waals surface area contributed by atoms with E-state index in [4.69, 9.17) is 4.74 Å². The number of ether oxygens (including phenoxy) is 1. The van der Waals surface area contributed by atoms with Crippen molar-refractivity contribution in [3.63, 3.8) is 0 Å². The Balaban J connectivity index is 1.81. The van der Waals surface area contributed by atoms with Crippen molar-refractivity contribution in [1.29, 1.82) is 0 Å². The Bertz CT molecular complexity index is 543. The maximum atomic E-state index is 11.9. The molecule has 1 aromatic carbocycles. The summed E-state index contributed by atoms with van der Waals surface area (Å²) in [5.74, 6) is 0.118. The molecule has 1 aromatic rings. The summed E-state index contributed by atoms with van der Waals surface area (Å²) in [4.78, 5) is 23.7. The number of phenolic OH excluding ortho intramolecular Hbond substituents is 1. The van der Waals surface area contributed by atoms with Crippen molar-refractivity contribution in [1.82, 2.24) is 5.32 Å². The molecule has 2 rings (SSSR count). The highest BCUT2D eigenvalue weighted by Gasteiger charge is 2.28. The summed E-state index contributed by atoms with van der Waals surface area (Å²) in [6.07, 6.45) is 3.28. The van der Waals surface area contributed by atoms with E-state index in [0.29, 0.717) is 11.8 Å². The fraction of sp³-hybridized carbons (Fsp3) is 0.529. The molecule has 120 valence electrons. The van der Waals surface area contributed by atoms with E-state index in [2.05, 4.69) is 19.2 Å². The maximum absolute atomic E-state index is 11.9. The van der Waals surface area contributed by atoms with Crippen LogP contribution >= 0.6 is 0 Å². The molecule has 0 heterocycles. The average Bonchev–Trinajstić information content (AvgIpc) is 2.49. The second-order valence-electron chi connectivity index (χ2n) is 6.07. The van der Waals surface area contributed by atoms with Gasteiger partial charge in [-0.05, 0) is 36.5 Å². The minimum atomic E-state index is -0.615. The van der Waals surface area contributed by atoms with Crippen molar-refractivity contribution >= 4 is 11.9 Å². The van der Waals surface area contributed by atoms with Gasteiger partial charge in [0, 0.05) is 6.04 Å². The Labute approximate surface area is 130 Å². The van der Waals surface area contributed by atoms with Crippen LogP contribution in [-0.2, 0) is 9.53 Å². The molecule has 5 nitrogen and oxygen atoms in total. The third-order valence-corrected chi connectivity index (χ3v) is 4.47. The zero-order chi connectivity index (χ0) is 16.1. The number of hydrogen-bond acceptors (Lipinski definition) is 4. The van der Waals surface area contributed by atoms with Crippen LogP contribution in [0.25, 0.3) is 0 Å². The molecule has 1 aliphatic carbocycles. The van der Waals surface area contributed by atoms with Gasteiger partial charge in [0.25, 0.3) is 5.91 Å². The second-order valence-corrected chi connectivity index (χ2v) is 6.07. The van der Waals surface area contributed by atoms with E-state index in [1.54, 1.807) is 6.07 Å². The second kappa shape index (κ2) is 7.29. The van der Waals surface area contributed by atoms with Crippen molar-refractivity contribution in [3.8, 4) is 5.75 Å². The lowest BCUT2D eigenvalue weighted by atomic mass is 9.78. The number of carbonyl (C=O) groups is 2. The molecule has 5 heteroatoms. The van der Waals surface area contributed by atoms with Gasteiger partial charge in [-0.25, -0.2) is 4.79 Å². The van der Waals surface area contributed by atoms with Crippen LogP contribution in [0.15, 0.2) is 24.3 Å². The molecule has 3 unspecified atom stereocenters. The molecule has 3 atom stereocenters. The first-order chi connectivity index (χ1) is 10.5. The van der Waals surface area contributed by atoms with Gasteiger partial charge in [0.2, 0.25) is 0 Å². The lowest BCUT2D eigenvalue weighted by molar-refractivity contribution is -0.125. The van der Waals surface area contributed by atoms with E-state index in [1.807, 2.05) is 0 Å². The molecule has 2 N–H and O–H groups in total. The standard InChI is InChI=1S/C17H23NO4/c1-11-5-3-8-15(12(11)2)18-16(20)10-22-17(21)13-6-4-7-14(19)9-13/h4,6-7,9,11-12,15,19H,3,5,8,10H2,1-2H3,(H,18,20). The Morgan fingerprint density at radius 2 is 2.09 bits per heavy atom. The van der Waals surface area contributed by atoms with Crippen LogP contribution in [0.2, 0.25) is 0 Å². The number of carbonyl (C=O) groups excluding carboxylic acids is 2. The molecule has 1 saturated carbocycles. The van der Waals surface area contributed by atoms with E-state index < -0.39 is 5.97 Å². The van der Waals surface area contributed by atoms with Crippen LogP contribution in [0.5, 0.6) is 5.75 Å². The minimum Gasteiger partial charge on any atom is -0.508 e. The smallest absolute Gasteiger partial charge is 0.338 e. The summed E-state index contributed by atoms with van der Waals surface area (Å²) in [5, 5.41) is 12.3. The summed E-state index contributed by atoms with van der Waals surface area (Å²) in [7, 11) is 0. The number of benzene rings is 1. The Morgan fingerprint density at radius 3 is 2.82 bits per heavy atom. The SMILES string of the molecule is CC1CCCC(NC(=O)COC(=O)c2cccc(O)c2)C1C. The van der Waals surface area contributed by atoms with E-state index in [0.717, 1.165) is 12.8 Å². The quantitative estimate of drug-likeness (QED) is 0.838. The number of nitrogens with one attached hydrogen (secondary N) is 1. The van der Waals surface area contributed by atoms with Gasteiger partial charge in [-0.15, -0.1) is 0 Å². The van der Waals surface area contributed by atoms with Crippen molar-refractivity contribution in [2.24, 2.45) is 11.8 Å². The summed E-state index contributed by atoms with van der Waals surface area (Å²) >= 11 is 0. The fourth-order valence-corrected chi connectivity index (χ4v) is 2.88. The van der Waals surface area contributed by atoms with Crippen molar-refractivity contribution < 1.29 is 19.4 Å². The summed E-state index contributed by atoms with van der Waals surface area (Å²) < 4.78 is 4.99. The Hall–Kier alpha value is -2.04. The summed E-state index contributed by atoms with van der Waals surface area (Å²) in [6.45, 7) is 4.05. The van der Waals surface area contributed by atoms with Crippen LogP contribution in [0.3, 0.4) is 0 Å². The first kappa shape index (κ1) is 16.3. The highest BCUT2D eigenvalue weighted by molar-refractivity contribution is 5.91. The Morgan fingerprint density at radius 1 is 1.32 bits per heavy atom. The first-order valence-electron chi connectivity index (χ1n) is 7.73. The predicted molar refractivity (Wildman–Crippen MR) is 82.5 cm³/mol. The molecular weight excluding hydrogens is 282 g/mol. The highest BCUT2D eigenvalue weighted by atomic mass is 16.5. The van der Waals surface area contributed by atoms with Gasteiger partial charge in [0.05, 0.1) is 5.56 Å². The third kappa shape index (κ3) is 4.23. The lowest BCUT2D eigenvalue weighted by Crippen LogP contribution is -2.45. The minimum absolute atomic E-state index is 0.0103. The van der Waals surface area contributed by atoms with E-state index in [9.17, 15) is 14.7 Å². The van der Waals surface area contributed by atoms with Crippen LogP contribution in [0.1, 0.15) is 43.5 Å².